The highest BCUT2D eigenvalue weighted by Crippen LogP contribution is 2.34. The van der Waals surface area contributed by atoms with Crippen LogP contribution in [0.15, 0.2) is 61.6 Å². The lowest BCUT2D eigenvalue weighted by atomic mass is 9.94. The number of nitrogens with one attached hydrogen (secondary N) is 1. The minimum atomic E-state index is -3.67. The first-order valence-electron chi connectivity index (χ1n) is 12.1. The fourth-order valence-electron chi connectivity index (χ4n) is 4.37. The summed E-state index contributed by atoms with van der Waals surface area (Å²) in [5.74, 6) is 0.404. The fraction of sp³-hybridized carbons (Fsp3) is 0.500. The van der Waals surface area contributed by atoms with E-state index < -0.39 is 10.0 Å². The van der Waals surface area contributed by atoms with Gasteiger partial charge in [0, 0.05) is 33.9 Å². The van der Waals surface area contributed by atoms with Crippen molar-refractivity contribution in [3.05, 3.63) is 52.5 Å². The second kappa shape index (κ2) is 12.6. The van der Waals surface area contributed by atoms with Gasteiger partial charge in [0.05, 0.1) is 10.5 Å². The highest BCUT2D eigenvalue weighted by molar-refractivity contribution is 9.10. The van der Waals surface area contributed by atoms with Gasteiger partial charge in [-0.2, -0.15) is 4.31 Å². The van der Waals surface area contributed by atoms with Gasteiger partial charge < -0.3 is 5.32 Å². The number of hydrogen-bond acceptors (Lipinski definition) is 4. The van der Waals surface area contributed by atoms with Crippen molar-refractivity contribution in [1.29, 1.82) is 0 Å². The van der Waals surface area contributed by atoms with Crippen molar-refractivity contribution >= 4 is 43.6 Å². The lowest BCUT2D eigenvalue weighted by Gasteiger charge is -2.34. The van der Waals surface area contributed by atoms with E-state index in [1.165, 1.54) is 11.8 Å². The number of hydrogen-bond donors (Lipinski definition) is 1. The lowest BCUT2D eigenvalue weighted by Crippen LogP contribution is -2.42. The zero-order valence-electron chi connectivity index (χ0n) is 20.2. The predicted octanol–water partition coefficient (Wildman–Crippen LogP) is 6.58. The molecule has 0 bridgehead atoms. The van der Waals surface area contributed by atoms with Gasteiger partial charge in [-0.1, -0.05) is 67.7 Å². The van der Waals surface area contributed by atoms with Crippen LogP contribution < -0.4 is 5.32 Å². The summed E-state index contributed by atoms with van der Waals surface area (Å²) in [6.45, 7) is 7.95. The van der Waals surface area contributed by atoms with Gasteiger partial charge in [0.2, 0.25) is 10.0 Å². The molecule has 186 valence electrons. The van der Waals surface area contributed by atoms with Gasteiger partial charge in [-0.05, 0) is 67.1 Å². The number of nitrogens with zero attached hydrogens (tertiary/aromatic N) is 1. The zero-order chi connectivity index (χ0) is 24.7. The first kappa shape index (κ1) is 27.2. The molecule has 0 spiro atoms. The molecule has 2 aromatic rings. The summed E-state index contributed by atoms with van der Waals surface area (Å²) in [5.41, 5.74) is 0.405. The van der Waals surface area contributed by atoms with Gasteiger partial charge >= 0.3 is 0 Å². The smallest absolute Gasteiger partial charge is 0.252 e. The Morgan fingerprint density at radius 1 is 1.06 bits per heavy atom. The molecule has 0 radical (unpaired) electrons. The van der Waals surface area contributed by atoms with E-state index in [4.69, 9.17) is 0 Å². The van der Waals surface area contributed by atoms with Gasteiger partial charge in [-0.3, -0.25) is 4.79 Å². The van der Waals surface area contributed by atoms with Crippen LogP contribution in [-0.4, -0.2) is 38.3 Å². The molecule has 0 aromatic heterocycles. The number of sulfonamides is 1. The van der Waals surface area contributed by atoms with E-state index in [1.54, 1.807) is 22.5 Å². The third-order valence-corrected chi connectivity index (χ3v) is 9.47. The van der Waals surface area contributed by atoms with Crippen LogP contribution in [0.5, 0.6) is 0 Å². The van der Waals surface area contributed by atoms with Gasteiger partial charge in [-0.15, -0.1) is 0 Å². The molecular weight excluding hydrogens is 532 g/mol. The number of halogens is 1. The van der Waals surface area contributed by atoms with Crippen LogP contribution >= 0.6 is 27.7 Å². The number of unbranched alkanes of at least 4 members (excludes halogenated alkanes) is 3. The number of amides is 1. The monoisotopic (exact) mass is 566 g/mol. The molecule has 1 aliphatic heterocycles. The molecule has 1 fully saturated rings. The van der Waals surface area contributed by atoms with Crippen molar-refractivity contribution in [3.8, 4) is 0 Å². The normalized spacial score (nSPS) is 19.2. The highest BCUT2D eigenvalue weighted by atomic mass is 79.9. The molecule has 2 atom stereocenters. The largest absolute Gasteiger partial charge is 0.352 e. The van der Waals surface area contributed by atoms with Crippen LogP contribution in [0.1, 0.15) is 63.2 Å². The van der Waals surface area contributed by atoms with Crippen LogP contribution in [0.25, 0.3) is 0 Å². The van der Waals surface area contributed by atoms with E-state index in [2.05, 4.69) is 42.0 Å². The van der Waals surface area contributed by atoms with E-state index in [0.29, 0.717) is 37.0 Å². The summed E-state index contributed by atoms with van der Waals surface area (Å²) in [4.78, 5) is 15.1. The first-order valence-corrected chi connectivity index (χ1v) is 15.1. The van der Waals surface area contributed by atoms with Crippen molar-refractivity contribution in [1.82, 2.24) is 9.62 Å². The Morgan fingerprint density at radius 3 is 2.38 bits per heavy atom. The van der Waals surface area contributed by atoms with Crippen LogP contribution in [0.4, 0.5) is 0 Å². The summed E-state index contributed by atoms with van der Waals surface area (Å²) in [7, 11) is -3.67. The number of carbonyl (C=O) groups is 1. The first-order chi connectivity index (χ1) is 16.2. The molecule has 3 rings (SSSR count). The van der Waals surface area contributed by atoms with Crippen LogP contribution in [0, 0.1) is 11.8 Å². The Bertz CT molecular complexity index is 1060. The summed E-state index contributed by atoms with van der Waals surface area (Å²) in [5, 5.41) is 3.00. The van der Waals surface area contributed by atoms with Crippen LogP contribution in [-0.2, 0) is 10.0 Å². The molecule has 0 unspecified atom stereocenters. The number of piperidine rings is 1. The van der Waals surface area contributed by atoms with Crippen molar-refractivity contribution in [2.75, 3.05) is 19.6 Å². The molecular formula is C26H35BrN2O3S2. The van der Waals surface area contributed by atoms with Gasteiger partial charge in [-0.25, -0.2) is 8.42 Å². The maximum atomic E-state index is 13.5. The van der Waals surface area contributed by atoms with E-state index in [9.17, 15) is 13.2 Å². The highest BCUT2D eigenvalue weighted by Gasteiger charge is 2.32. The maximum Gasteiger partial charge on any atom is 0.252 e. The van der Waals surface area contributed by atoms with Gasteiger partial charge in [0.25, 0.3) is 5.91 Å². The molecule has 0 saturated carbocycles. The van der Waals surface area contributed by atoms with Crippen molar-refractivity contribution in [2.24, 2.45) is 11.8 Å². The number of benzene rings is 2. The summed E-state index contributed by atoms with van der Waals surface area (Å²) >= 11 is 4.91. The van der Waals surface area contributed by atoms with Crippen molar-refractivity contribution < 1.29 is 13.2 Å². The average Bonchev–Trinajstić information content (AvgIpc) is 2.80. The molecule has 34 heavy (non-hydrogen) atoms. The SMILES string of the molecule is CCCCCCNC(=O)c1cc(S(=O)(=O)N2C[C@H](C)C[C@H](C)C2)ccc1Sc1ccc(Br)cc1. The van der Waals surface area contributed by atoms with Crippen molar-refractivity contribution in [3.63, 3.8) is 0 Å². The third kappa shape index (κ3) is 7.33. The quantitative estimate of drug-likeness (QED) is 0.330. The maximum absolute atomic E-state index is 13.5. The lowest BCUT2D eigenvalue weighted by molar-refractivity contribution is 0.0949. The Labute approximate surface area is 217 Å². The summed E-state index contributed by atoms with van der Waals surface area (Å²) < 4.78 is 29.5. The molecule has 8 heteroatoms. The minimum absolute atomic E-state index is 0.185. The van der Waals surface area contributed by atoms with E-state index >= 15 is 0 Å². The molecule has 2 aromatic carbocycles. The fourth-order valence-corrected chi connectivity index (χ4v) is 7.26. The van der Waals surface area contributed by atoms with Crippen LogP contribution in [0.3, 0.4) is 0 Å². The van der Waals surface area contributed by atoms with Gasteiger partial charge in [0.15, 0.2) is 0 Å². The molecule has 1 aliphatic rings. The van der Waals surface area contributed by atoms with E-state index in [-0.39, 0.29) is 10.8 Å². The molecule has 5 nitrogen and oxygen atoms in total. The Morgan fingerprint density at radius 2 is 1.74 bits per heavy atom. The predicted molar refractivity (Wildman–Crippen MR) is 143 cm³/mol. The van der Waals surface area contributed by atoms with Crippen molar-refractivity contribution in [2.45, 2.75) is 67.6 Å². The van der Waals surface area contributed by atoms with E-state index in [1.807, 2.05) is 24.3 Å². The van der Waals surface area contributed by atoms with Gasteiger partial charge in [0.1, 0.15) is 0 Å². The Balaban J connectivity index is 1.89. The number of rotatable bonds is 10. The van der Waals surface area contributed by atoms with E-state index in [0.717, 1.165) is 46.4 Å². The van der Waals surface area contributed by atoms with Crippen LogP contribution in [0.2, 0.25) is 0 Å². The topological polar surface area (TPSA) is 66.5 Å². The summed E-state index contributed by atoms with van der Waals surface area (Å²) in [6.07, 6.45) is 5.28. The molecule has 0 aliphatic carbocycles. The average molecular weight is 568 g/mol. The second-order valence-corrected chi connectivity index (χ2v) is 13.3. The standard InChI is InChI=1S/C26H35BrN2O3S2/c1-4-5-6-7-14-28-26(30)24-16-23(34(31,32)29-17-19(2)15-20(3)18-29)12-13-25(24)33-22-10-8-21(27)9-11-22/h8-13,16,19-20H,4-7,14-15,17-18H2,1-3H3,(H,28,30)/t19-,20+. The second-order valence-electron chi connectivity index (χ2n) is 9.30. The Kier molecular flexibility index (Phi) is 10.1. The third-order valence-electron chi connectivity index (χ3n) is 6.03. The zero-order valence-corrected chi connectivity index (χ0v) is 23.4. The molecule has 1 saturated heterocycles. The number of carbonyl (C=O) groups excluding carboxylic acids is 1. The summed E-state index contributed by atoms with van der Waals surface area (Å²) in [6, 6.07) is 12.8. The molecule has 1 N–H and O–H groups in total. The molecule has 1 amide bonds. The Hall–Kier alpha value is -1.35. The molecule has 1 heterocycles. The minimum Gasteiger partial charge on any atom is -0.352 e.